The van der Waals surface area contributed by atoms with Gasteiger partial charge in [-0.3, -0.25) is 0 Å². The lowest BCUT2D eigenvalue weighted by atomic mass is 10.5. The van der Waals surface area contributed by atoms with Crippen LogP contribution in [0.3, 0.4) is 0 Å². The third kappa shape index (κ3) is 5.37. The first-order chi connectivity index (χ1) is 4.66. The Balaban J connectivity index is 3.25. The van der Waals surface area contributed by atoms with Gasteiger partial charge in [0.2, 0.25) is 0 Å². The Morgan fingerprint density at radius 1 is 1.70 bits per heavy atom. The molecule has 0 N–H and O–H groups in total. The minimum atomic E-state index is -1.55. The van der Waals surface area contributed by atoms with E-state index in [-0.39, 0.29) is 0 Å². The van der Waals surface area contributed by atoms with Crippen LogP contribution in [0.4, 0.5) is 4.79 Å². The second kappa shape index (κ2) is 5.05. The molecule has 0 fully saturated rings. The summed E-state index contributed by atoms with van der Waals surface area (Å²) in [4.78, 5) is 9.76. The standard InChI is InChI=1S/C6H12O4/c1-3-4-9-5(2)10-6(7)8/h5H,3-4H2,1-2H3,(H,7,8)/p-1. The van der Waals surface area contributed by atoms with Crippen LogP contribution in [0.1, 0.15) is 20.3 Å². The first-order valence-corrected chi connectivity index (χ1v) is 3.16. The number of carboxylic acid groups (broad SMARTS) is 1. The second-order valence-corrected chi connectivity index (χ2v) is 1.81. The van der Waals surface area contributed by atoms with Crippen molar-refractivity contribution in [1.29, 1.82) is 0 Å². The highest BCUT2D eigenvalue weighted by atomic mass is 16.8. The molecule has 0 aliphatic heterocycles. The largest absolute Gasteiger partial charge is 0.521 e. The predicted octanol–water partition coefficient (Wildman–Crippen LogP) is 0.119. The van der Waals surface area contributed by atoms with Crippen LogP contribution in [0, 0.1) is 0 Å². The van der Waals surface area contributed by atoms with Crippen LogP contribution < -0.4 is 5.11 Å². The van der Waals surface area contributed by atoms with Gasteiger partial charge in [-0.2, -0.15) is 0 Å². The van der Waals surface area contributed by atoms with E-state index in [2.05, 4.69) is 4.74 Å². The highest BCUT2D eigenvalue weighted by Gasteiger charge is 1.96. The minimum absolute atomic E-state index is 0.494. The SMILES string of the molecule is CCCOC(C)OC(=O)[O-]. The molecule has 60 valence electrons. The molecule has 0 aromatic carbocycles. The number of rotatable bonds is 4. The Labute approximate surface area is 59.7 Å². The Morgan fingerprint density at radius 2 is 2.30 bits per heavy atom. The molecule has 1 unspecified atom stereocenters. The monoisotopic (exact) mass is 147 g/mol. The van der Waals surface area contributed by atoms with Gasteiger partial charge >= 0.3 is 0 Å². The zero-order valence-electron chi connectivity index (χ0n) is 6.12. The van der Waals surface area contributed by atoms with Crippen LogP contribution in [-0.2, 0) is 9.47 Å². The van der Waals surface area contributed by atoms with Crippen molar-refractivity contribution in [2.75, 3.05) is 6.61 Å². The number of ether oxygens (including phenoxy) is 2. The maximum Gasteiger partial charge on any atom is 0.254 e. The average molecular weight is 147 g/mol. The van der Waals surface area contributed by atoms with E-state index in [4.69, 9.17) is 4.74 Å². The summed E-state index contributed by atoms with van der Waals surface area (Å²) in [5.41, 5.74) is 0. The van der Waals surface area contributed by atoms with Gasteiger partial charge in [0, 0.05) is 6.61 Å². The first-order valence-electron chi connectivity index (χ1n) is 3.16. The van der Waals surface area contributed by atoms with Crippen LogP contribution in [0.25, 0.3) is 0 Å². The van der Waals surface area contributed by atoms with Gasteiger partial charge in [-0.15, -0.1) is 0 Å². The zero-order chi connectivity index (χ0) is 7.98. The van der Waals surface area contributed by atoms with Gasteiger partial charge in [-0.1, -0.05) is 6.92 Å². The van der Waals surface area contributed by atoms with Crippen LogP contribution in [-0.4, -0.2) is 19.1 Å². The highest BCUT2D eigenvalue weighted by Crippen LogP contribution is 1.93. The van der Waals surface area contributed by atoms with E-state index in [0.717, 1.165) is 6.42 Å². The summed E-state index contributed by atoms with van der Waals surface area (Å²) < 4.78 is 8.99. The Kier molecular flexibility index (Phi) is 4.66. The van der Waals surface area contributed by atoms with Crippen molar-refractivity contribution >= 4 is 6.16 Å². The lowest BCUT2D eigenvalue weighted by Crippen LogP contribution is -2.29. The van der Waals surface area contributed by atoms with Crippen LogP contribution in [0.15, 0.2) is 0 Å². The number of hydrogen-bond acceptors (Lipinski definition) is 4. The molecule has 0 aromatic rings. The summed E-state index contributed by atoms with van der Waals surface area (Å²) in [6.45, 7) is 3.92. The number of carbonyl (C=O) groups is 1. The summed E-state index contributed by atoms with van der Waals surface area (Å²) in [6, 6.07) is 0. The summed E-state index contributed by atoms with van der Waals surface area (Å²) in [5, 5.41) is 9.76. The number of hydrogen-bond donors (Lipinski definition) is 0. The van der Waals surface area contributed by atoms with Crippen LogP contribution in [0.2, 0.25) is 0 Å². The fourth-order valence-electron chi connectivity index (χ4n) is 0.453. The fourth-order valence-corrected chi connectivity index (χ4v) is 0.453. The van der Waals surface area contributed by atoms with E-state index in [9.17, 15) is 9.90 Å². The Morgan fingerprint density at radius 3 is 2.70 bits per heavy atom. The Bertz CT molecular complexity index is 102. The molecule has 4 nitrogen and oxygen atoms in total. The van der Waals surface area contributed by atoms with Crippen molar-refractivity contribution in [3.63, 3.8) is 0 Å². The maximum absolute atomic E-state index is 9.76. The van der Waals surface area contributed by atoms with Crippen molar-refractivity contribution in [2.45, 2.75) is 26.6 Å². The van der Waals surface area contributed by atoms with E-state index >= 15 is 0 Å². The van der Waals surface area contributed by atoms with Crippen molar-refractivity contribution in [3.05, 3.63) is 0 Å². The van der Waals surface area contributed by atoms with E-state index in [1.165, 1.54) is 6.92 Å². The molecule has 0 aliphatic carbocycles. The summed E-state index contributed by atoms with van der Waals surface area (Å²) in [5.74, 6) is 0. The van der Waals surface area contributed by atoms with Crippen LogP contribution in [0.5, 0.6) is 0 Å². The molecular weight excluding hydrogens is 136 g/mol. The molecule has 0 aromatic heterocycles. The molecule has 0 heterocycles. The summed E-state index contributed by atoms with van der Waals surface area (Å²) >= 11 is 0. The fraction of sp³-hybridized carbons (Fsp3) is 0.833. The predicted molar refractivity (Wildman–Crippen MR) is 32.2 cm³/mol. The van der Waals surface area contributed by atoms with Gasteiger partial charge in [0.1, 0.15) is 6.29 Å². The molecule has 10 heavy (non-hydrogen) atoms. The third-order valence-electron chi connectivity index (χ3n) is 0.819. The molecule has 1 atom stereocenters. The average Bonchev–Trinajstić information content (AvgIpc) is 1.82. The van der Waals surface area contributed by atoms with Gasteiger partial charge < -0.3 is 19.4 Å². The lowest BCUT2D eigenvalue weighted by Gasteiger charge is -2.17. The van der Waals surface area contributed by atoms with Crippen molar-refractivity contribution in [1.82, 2.24) is 0 Å². The topological polar surface area (TPSA) is 58.6 Å². The molecule has 0 amide bonds. The molecule has 0 radical (unpaired) electrons. The molecule has 0 aliphatic rings. The first kappa shape index (κ1) is 9.23. The molecule has 0 bridgehead atoms. The summed E-state index contributed by atoms with van der Waals surface area (Å²) in [6.07, 6.45) is -1.44. The minimum Gasteiger partial charge on any atom is -0.521 e. The maximum atomic E-state index is 9.76. The van der Waals surface area contributed by atoms with Gasteiger partial charge in [0.05, 0.1) is 0 Å². The van der Waals surface area contributed by atoms with E-state index < -0.39 is 12.4 Å². The molecule has 4 heteroatoms. The van der Waals surface area contributed by atoms with Crippen molar-refractivity contribution < 1.29 is 19.4 Å². The zero-order valence-corrected chi connectivity index (χ0v) is 6.12. The van der Waals surface area contributed by atoms with Gasteiger partial charge in [-0.25, -0.2) is 0 Å². The lowest BCUT2D eigenvalue weighted by molar-refractivity contribution is -0.300. The Hall–Kier alpha value is -0.770. The highest BCUT2D eigenvalue weighted by molar-refractivity contribution is 5.54. The second-order valence-electron chi connectivity index (χ2n) is 1.81. The van der Waals surface area contributed by atoms with E-state index in [1.54, 1.807) is 0 Å². The normalized spacial score (nSPS) is 12.6. The molecule has 0 saturated heterocycles. The number of carbonyl (C=O) groups excluding carboxylic acids is 1. The quantitative estimate of drug-likeness (QED) is 0.418. The smallest absolute Gasteiger partial charge is 0.254 e. The molecule has 0 spiro atoms. The van der Waals surface area contributed by atoms with Gasteiger partial charge in [0.15, 0.2) is 0 Å². The summed E-state index contributed by atoms with van der Waals surface area (Å²) in [7, 11) is 0. The third-order valence-corrected chi connectivity index (χ3v) is 0.819. The molecule has 0 saturated carbocycles. The molecule has 0 rings (SSSR count). The van der Waals surface area contributed by atoms with Crippen molar-refractivity contribution in [2.24, 2.45) is 0 Å². The van der Waals surface area contributed by atoms with E-state index in [1.807, 2.05) is 6.92 Å². The van der Waals surface area contributed by atoms with Crippen molar-refractivity contribution in [3.8, 4) is 0 Å². The van der Waals surface area contributed by atoms with Gasteiger partial charge in [-0.05, 0) is 13.3 Å². The van der Waals surface area contributed by atoms with E-state index in [0.29, 0.717) is 6.61 Å². The molecular formula is C6H11O4-. The van der Waals surface area contributed by atoms with Gasteiger partial charge in [0.25, 0.3) is 6.16 Å². The van der Waals surface area contributed by atoms with Crippen LogP contribution >= 0.6 is 0 Å².